The van der Waals surface area contributed by atoms with Crippen LogP contribution in [0.5, 0.6) is 5.75 Å². The van der Waals surface area contributed by atoms with Crippen LogP contribution in [0.3, 0.4) is 0 Å². The normalized spacial score (nSPS) is 26.0. The molecule has 1 aliphatic heterocycles. The number of ether oxygens (including phenoxy) is 1. The molecule has 0 aromatic heterocycles. The molecule has 2 aromatic carbocycles. The lowest BCUT2D eigenvalue weighted by atomic mass is 9.82. The zero-order valence-corrected chi connectivity index (χ0v) is 18.6. The average Bonchev–Trinajstić information content (AvgIpc) is 3.48. The molecule has 2 aromatic rings. The van der Waals surface area contributed by atoms with Crippen LogP contribution >= 0.6 is 0 Å². The highest BCUT2D eigenvalue weighted by molar-refractivity contribution is 6.22. The van der Waals surface area contributed by atoms with Crippen LogP contribution in [-0.2, 0) is 15.0 Å². The van der Waals surface area contributed by atoms with E-state index >= 15 is 0 Å². The van der Waals surface area contributed by atoms with Gasteiger partial charge in [-0.3, -0.25) is 14.5 Å². The van der Waals surface area contributed by atoms with E-state index in [4.69, 9.17) is 4.74 Å². The monoisotopic (exact) mass is 429 g/mol. The molecule has 1 saturated heterocycles. The number of allylic oxidation sites excluding steroid dienone is 2. The number of fused-ring (bicyclic) bond motifs is 5. The Balaban J connectivity index is 1.29. The van der Waals surface area contributed by atoms with Crippen molar-refractivity contribution in [1.82, 2.24) is 0 Å². The Bertz CT molecular complexity index is 1080. The van der Waals surface area contributed by atoms with E-state index in [1.165, 1.54) is 10.5 Å². The predicted octanol–water partition coefficient (Wildman–Crippen LogP) is 4.90. The molecule has 1 saturated carbocycles. The number of hydrogen-bond acceptors (Lipinski definition) is 4. The maximum Gasteiger partial charge on any atom is 0.343 e. The van der Waals surface area contributed by atoms with Crippen LogP contribution in [0, 0.1) is 23.7 Å². The molecule has 3 aliphatic rings. The average molecular weight is 430 g/mol. The van der Waals surface area contributed by atoms with Crippen molar-refractivity contribution < 1.29 is 19.1 Å². The molecular formula is C27H27NO4. The van der Waals surface area contributed by atoms with E-state index in [0.717, 1.165) is 12.8 Å². The van der Waals surface area contributed by atoms with Gasteiger partial charge in [-0.25, -0.2) is 4.79 Å². The number of esters is 1. The number of amides is 2. The molecule has 5 heteroatoms. The summed E-state index contributed by atoms with van der Waals surface area (Å²) in [5, 5.41) is 0. The topological polar surface area (TPSA) is 63.7 Å². The van der Waals surface area contributed by atoms with Crippen molar-refractivity contribution in [1.29, 1.82) is 0 Å². The van der Waals surface area contributed by atoms with Crippen molar-refractivity contribution in [2.75, 3.05) is 4.90 Å². The highest BCUT2D eigenvalue weighted by atomic mass is 16.5. The van der Waals surface area contributed by atoms with Gasteiger partial charge in [0.15, 0.2) is 0 Å². The summed E-state index contributed by atoms with van der Waals surface area (Å²) in [7, 11) is 0. The van der Waals surface area contributed by atoms with Crippen molar-refractivity contribution >= 4 is 23.5 Å². The molecule has 5 nitrogen and oxygen atoms in total. The molecule has 0 unspecified atom stereocenters. The Morgan fingerprint density at radius 2 is 1.50 bits per heavy atom. The lowest BCUT2D eigenvalue weighted by molar-refractivity contribution is -0.123. The van der Waals surface area contributed by atoms with Gasteiger partial charge < -0.3 is 4.74 Å². The van der Waals surface area contributed by atoms with Crippen molar-refractivity contribution in [3.63, 3.8) is 0 Å². The summed E-state index contributed by atoms with van der Waals surface area (Å²) in [6.07, 6.45) is 6.08. The van der Waals surface area contributed by atoms with Crippen molar-refractivity contribution in [2.45, 2.75) is 39.0 Å². The summed E-state index contributed by atoms with van der Waals surface area (Å²) >= 11 is 0. The summed E-state index contributed by atoms with van der Waals surface area (Å²) in [5.74, 6) is -0.354. The fourth-order valence-electron chi connectivity index (χ4n) is 5.25. The molecule has 0 radical (unpaired) electrons. The summed E-state index contributed by atoms with van der Waals surface area (Å²) in [6.45, 7) is 6.51. The summed E-state index contributed by atoms with van der Waals surface area (Å²) in [4.78, 5) is 39.8. The first kappa shape index (κ1) is 20.7. The number of imide groups is 1. The van der Waals surface area contributed by atoms with Crippen molar-refractivity contribution in [3.05, 3.63) is 71.8 Å². The van der Waals surface area contributed by atoms with Gasteiger partial charge in [-0.1, -0.05) is 45.1 Å². The van der Waals surface area contributed by atoms with E-state index in [2.05, 4.69) is 32.9 Å². The first-order valence-electron chi connectivity index (χ1n) is 11.3. The van der Waals surface area contributed by atoms with Gasteiger partial charge in [0.2, 0.25) is 11.8 Å². The van der Waals surface area contributed by atoms with E-state index < -0.39 is 5.97 Å². The third-order valence-electron chi connectivity index (χ3n) is 7.56. The summed E-state index contributed by atoms with van der Waals surface area (Å²) in [5.41, 5.74) is 2.14. The molecule has 2 aliphatic carbocycles. The third kappa shape index (κ3) is 3.19. The van der Waals surface area contributed by atoms with Gasteiger partial charge >= 0.3 is 5.97 Å². The minimum Gasteiger partial charge on any atom is -0.423 e. The Morgan fingerprint density at radius 1 is 0.938 bits per heavy atom. The molecule has 2 bridgehead atoms. The van der Waals surface area contributed by atoms with Crippen LogP contribution in [0.4, 0.5) is 5.69 Å². The standard InChI is InChI=1S/C27H27NO4/c1-4-27(2,3)19-9-13-21(14-10-19)32-26(31)16-7-11-20(12-8-16)28-24(29)22-17-5-6-18(15-17)23(22)25(28)30/h5-14,17-18,22-23H,4,15H2,1-3H3/t17-,18-,22-,23-/m0/s1. The Kier molecular flexibility index (Phi) is 4.81. The molecule has 2 fully saturated rings. The van der Waals surface area contributed by atoms with Gasteiger partial charge in [0.25, 0.3) is 0 Å². The fraction of sp³-hybridized carbons (Fsp3) is 0.370. The lowest BCUT2D eigenvalue weighted by Crippen LogP contribution is -2.32. The van der Waals surface area contributed by atoms with E-state index in [-0.39, 0.29) is 40.9 Å². The molecule has 0 N–H and O–H groups in total. The van der Waals surface area contributed by atoms with Gasteiger partial charge in [-0.2, -0.15) is 0 Å². The summed E-state index contributed by atoms with van der Waals surface area (Å²) in [6, 6.07) is 14.1. The second kappa shape index (κ2) is 7.44. The molecule has 32 heavy (non-hydrogen) atoms. The van der Waals surface area contributed by atoms with Gasteiger partial charge in [0.05, 0.1) is 23.1 Å². The number of benzene rings is 2. The third-order valence-corrected chi connectivity index (χ3v) is 7.56. The van der Waals surface area contributed by atoms with E-state index in [0.29, 0.717) is 17.0 Å². The first-order chi connectivity index (χ1) is 15.3. The van der Waals surface area contributed by atoms with Crippen LogP contribution in [0.15, 0.2) is 60.7 Å². The Labute approximate surface area is 188 Å². The van der Waals surface area contributed by atoms with Crippen molar-refractivity contribution in [2.24, 2.45) is 23.7 Å². The van der Waals surface area contributed by atoms with Crippen LogP contribution in [0.2, 0.25) is 0 Å². The van der Waals surface area contributed by atoms with Crippen LogP contribution in [0.25, 0.3) is 0 Å². The summed E-state index contributed by atoms with van der Waals surface area (Å²) < 4.78 is 5.51. The smallest absolute Gasteiger partial charge is 0.343 e. The first-order valence-corrected chi connectivity index (χ1v) is 11.3. The highest BCUT2D eigenvalue weighted by Crippen LogP contribution is 2.53. The van der Waals surface area contributed by atoms with Gasteiger partial charge in [-0.05, 0) is 72.1 Å². The molecule has 0 spiro atoms. The fourth-order valence-corrected chi connectivity index (χ4v) is 5.25. The zero-order chi connectivity index (χ0) is 22.6. The minimum absolute atomic E-state index is 0.0664. The maximum absolute atomic E-state index is 12.9. The second-order valence-electron chi connectivity index (χ2n) is 9.71. The van der Waals surface area contributed by atoms with E-state index in [9.17, 15) is 14.4 Å². The van der Waals surface area contributed by atoms with Crippen molar-refractivity contribution in [3.8, 4) is 5.75 Å². The lowest BCUT2D eigenvalue weighted by Gasteiger charge is -2.23. The van der Waals surface area contributed by atoms with Gasteiger partial charge in [0.1, 0.15) is 5.75 Å². The number of carbonyl (C=O) groups is 3. The minimum atomic E-state index is -0.475. The molecular weight excluding hydrogens is 402 g/mol. The van der Waals surface area contributed by atoms with Crippen LogP contribution < -0.4 is 9.64 Å². The van der Waals surface area contributed by atoms with Gasteiger partial charge in [-0.15, -0.1) is 0 Å². The zero-order valence-electron chi connectivity index (χ0n) is 18.6. The van der Waals surface area contributed by atoms with Crippen LogP contribution in [0.1, 0.15) is 49.5 Å². The number of anilines is 1. The van der Waals surface area contributed by atoms with Crippen LogP contribution in [-0.4, -0.2) is 17.8 Å². The molecule has 164 valence electrons. The SMILES string of the molecule is CCC(C)(C)c1ccc(OC(=O)c2ccc(N3C(=O)[C@@H]4[C@@H](C3=O)[C@H]3C=C[C@H]4C3)cc2)cc1. The maximum atomic E-state index is 12.9. The quantitative estimate of drug-likeness (QED) is 0.293. The van der Waals surface area contributed by atoms with Gasteiger partial charge in [0, 0.05) is 0 Å². The molecule has 1 heterocycles. The molecule has 5 rings (SSSR count). The number of hydrogen-bond donors (Lipinski definition) is 0. The van der Waals surface area contributed by atoms with E-state index in [1.807, 2.05) is 24.3 Å². The molecule has 2 amide bonds. The Hall–Kier alpha value is -3.21. The molecule has 4 atom stereocenters. The van der Waals surface area contributed by atoms with E-state index in [1.54, 1.807) is 24.3 Å². The number of rotatable bonds is 5. The second-order valence-corrected chi connectivity index (χ2v) is 9.71. The Morgan fingerprint density at radius 3 is 2.03 bits per heavy atom. The highest BCUT2D eigenvalue weighted by Gasteiger charge is 2.59. The number of nitrogens with zero attached hydrogens (tertiary/aromatic N) is 1. The largest absolute Gasteiger partial charge is 0.423 e. The number of carbonyl (C=O) groups excluding carboxylic acids is 3. The predicted molar refractivity (Wildman–Crippen MR) is 121 cm³/mol.